The van der Waals surface area contributed by atoms with Crippen molar-refractivity contribution >= 4 is 64.2 Å². The number of hydrogen-bond donors (Lipinski definition) is 5. The van der Waals surface area contributed by atoms with Gasteiger partial charge in [-0.3, -0.25) is 10.6 Å². The average Bonchev–Trinajstić information content (AvgIpc) is 3.38. The topological polar surface area (TPSA) is 142 Å². The van der Waals surface area contributed by atoms with Gasteiger partial charge in [0.25, 0.3) is 0 Å². The number of aliphatic hydroxyl groups is 1. The molecule has 14 heteroatoms. The first-order valence-corrected chi connectivity index (χ1v) is 14.0. The van der Waals surface area contributed by atoms with Crippen molar-refractivity contribution in [1.82, 2.24) is 20.1 Å². The Bertz CT molecular complexity index is 1600. The van der Waals surface area contributed by atoms with Gasteiger partial charge >= 0.3 is 12.1 Å². The fourth-order valence-electron chi connectivity index (χ4n) is 3.82. The molecule has 0 aliphatic rings. The quantitative estimate of drug-likeness (QED) is 0.125. The van der Waals surface area contributed by atoms with Crippen LogP contribution < -0.4 is 26.0 Å². The fraction of sp³-hybridized carbons (Fsp3) is 0.214. The summed E-state index contributed by atoms with van der Waals surface area (Å²) in [6.45, 7) is 1.89. The van der Waals surface area contributed by atoms with E-state index in [1.165, 1.54) is 19.3 Å². The molecule has 4 rings (SSSR count). The second-order valence-corrected chi connectivity index (χ2v) is 10.1. The summed E-state index contributed by atoms with van der Waals surface area (Å²) in [5.74, 6) is 1.26. The molecule has 2 aromatic heterocycles. The molecule has 0 saturated carbocycles. The average molecular weight is 633 g/mol. The van der Waals surface area contributed by atoms with Crippen LogP contribution in [0.1, 0.15) is 31.0 Å². The van der Waals surface area contributed by atoms with E-state index in [2.05, 4.69) is 38.3 Å². The van der Waals surface area contributed by atoms with Gasteiger partial charge in [-0.05, 0) is 48.7 Å². The summed E-state index contributed by atoms with van der Waals surface area (Å²) in [6.07, 6.45) is 4.11. The van der Waals surface area contributed by atoms with Crippen molar-refractivity contribution < 1.29 is 19.4 Å². The molecule has 11 nitrogen and oxygen atoms in total. The van der Waals surface area contributed by atoms with E-state index in [0.717, 1.165) is 25.0 Å². The number of amides is 4. The van der Waals surface area contributed by atoms with Crippen LogP contribution in [0.15, 0.2) is 54.7 Å². The van der Waals surface area contributed by atoms with Gasteiger partial charge < -0.3 is 20.5 Å². The Hall–Kier alpha value is -4.03. The minimum Gasteiger partial charge on any atom is -0.456 e. The molecule has 5 N–H and O–H groups in total. The van der Waals surface area contributed by atoms with E-state index in [9.17, 15) is 14.7 Å². The third kappa shape index (κ3) is 7.62. The zero-order valence-electron chi connectivity index (χ0n) is 22.7. The van der Waals surface area contributed by atoms with E-state index in [4.69, 9.17) is 39.5 Å². The largest absolute Gasteiger partial charge is 0.456 e. The van der Waals surface area contributed by atoms with Crippen LogP contribution >= 0.6 is 34.8 Å². The zero-order chi connectivity index (χ0) is 30.2. The number of hydrogen-bond acceptors (Lipinski definition) is 6. The molecule has 0 radical (unpaired) electrons. The number of rotatable bonds is 10. The summed E-state index contributed by atoms with van der Waals surface area (Å²) < 4.78 is 7.41. The van der Waals surface area contributed by atoms with Gasteiger partial charge in [0.05, 0.1) is 28.7 Å². The molecule has 42 heavy (non-hydrogen) atoms. The van der Waals surface area contributed by atoms with Crippen LogP contribution in [0.4, 0.5) is 26.9 Å². The molecule has 0 atom stereocenters. The van der Waals surface area contributed by atoms with Gasteiger partial charge in [0, 0.05) is 30.4 Å². The maximum absolute atomic E-state index is 13.0. The lowest BCUT2D eigenvalue weighted by atomic mass is 10.2. The number of unbranched alkanes of at least 4 members (excludes halogenated alkanes) is 1. The number of ether oxygens (including phenoxy) is 1. The standard InChI is InChI=1S/C28H28Cl3N7O4/c1-3-4-5-17-12-24(38(37-17)18-7-6-16(15-39)20(29)13-18)36-28(41)34-21-8-9-22(26(31)25(21)30)42-19-10-11-33-23(14-19)35-27(40)32-2/h6-14,39H,3-5,15H2,1-2H3,(H2,34,36,41)(H2,32,33,35,40). The van der Waals surface area contributed by atoms with E-state index in [1.54, 1.807) is 47.1 Å². The highest BCUT2D eigenvalue weighted by Crippen LogP contribution is 2.39. The second-order valence-electron chi connectivity index (χ2n) is 8.97. The predicted molar refractivity (Wildman–Crippen MR) is 165 cm³/mol. The number of nitrogens with one attached hydrogen (secondary N) is 4. The summed E-state index contributed by atoms with van der Waals surface area (Å²) >= 11 is 19.3. The van der Waals surface area contributed by atoms with Crippen molar-refractivity contribution in [2.45, 2.75) is 32.8 Å². The number of carbonyl (C=O) groups excluding carboxylic acids is 2. The number of aryl methyl sites for hydroxylation is 1. The fourth-order valence-corrected chi connectivity index (χ4v) is 4.46. The Morgan fingerprint density at radius 2 is 1.79 bits per heavy atom. The maximum Gasteiger partial charge on any atom is 0.324 e. The SMILES string of the molecule is CCCCc1cc(NC(=O)Nc2ccc(Oc3ccnc(NC(=O)NC)c3)c(Cl)c2Cl)n(-c2ccc(CO)c(Cl)c2)n1. The number of carbonyl (C=O) groups is 2. The Balaban J connectivity index is 1.51. The van der Waals surface area contributed by atoms with Crippen LogP contribution in [0.2, 0.25) is 15.1 Å². The van der Waals surface area contributed by atoms with Crippen LogP contribution in [-0.2, 0) is 13.0 Å². The van der Waals surface area contributed by atoms with Crippen molar-refractivity contribution in [1.29, 1.82) is 0 Å². The van der Waals surface area contributed by atoms with Crippen molar-refractivity contribution in [3.63, 3.8) is 0 Å². The molecule has 2 heterocycles. The van der Waals surface area contributed by atoms with Gasteiger partial charge in [-0.1, -0.05) is 54.2 Å². The number of anilines is 3. The molecular weight excluding hydrogens is 605 g/mol. The van der Waals surface area contributed by atoms with Gasteiger partial charge in [-0.15, -0.1) is 0 Å². The van der Waals surface area contributed by atoms with Gasteiger partial charge in [-0.2, -0.15) is 5.10 Å². The molecule has 2 aromatic carbocycles. The molecule has 0 saturated heterocycles. The van der Waals surface area contributed by atoms with E-state index < -0.39 is 12.1 Å². The Morgan fingerprint density at radius 3 is 2.50 bits per heavy atom. The minimum atomic E-state index is -0.582. The summed E-state index contributed by atoms with van der Waals surface area (Å²) in [5.41, 5.74) is 2.23. The van der Waals surface area contributed by atoms with Gasteiger partial charge in [0.15, 0.2) is 0 Å². The first-order valence-electron chi connectivity index (χ1n) is 12.9. The number of aliphatic hydroxyl groups excluding tert-OH is 1. The van der Waals surface area contributed by atoms with E-state index in [0.29, 0.717) is 27.8 Å². The normalized spacial score (nSPS) is 10.7. The lowest BCUT2D eigenvalue weighted by Crippen LogP contribution is -2.24. The Kier molecular flexibility index (Phi) is 10.5. The van der Waals surface area contributed by atoms with Crippen molar-refractivity contribution in [2.24, 2.45) is 0 Å². The zero-order valence-corrected chi connectivity index (χ0v) is 24.9. The van der Waals surface area contributed by atoms with Gasteiger partial charge in [-0.25, -0.2) is 19.3 Å². The van der Waals surface area contributed by atoms with E-state index >= 15 is 0 Å². The first-order chi connectivity index (χ1) is 20.2. The Morgan fingerprint density at radius 1 is 0.976 bits per heavy atom. The first kappa shape index (κ1) is 30.9. The third-order valence-corrected chi connectivity index (χ3v) is 7.18. The summed E-state index contributed by atoms with van der Waals surface area (Å²) in [6, 6.07) is 12.1. The third-order valence-electron chi connectivity index (χ3n) is 5.96. The molecule has 0 fully saturated rings. The maximum atomic E-state index is 13.0. The lowest BCUT2D eigenvalue weighted by Gasteiger charge is -2.14. The lowest BCUT2D eigenvalue weighted by molar-refractivity contribution is 0.254. The van der Waals surface area contributed by atoms with Crippen LogP contribution in [0.3, 0.4) is 0 Å². The van der Waals surface area contributed by atoms with E-state index in [1.807, 2.05) is 0 Å². The molecule has 0 spiro atoms. The summed E-state index contributed by atoms with van der Waals surface area (Å²) in [5, 5.41) is 25.1. The summed E-state index contributed by atoms with van der Waals surface area (Å²) in [4.78, 5) is 28.7. The molecule has 4 aromatic rings. The highest BCUT2D eigenvalue weighted by atomic mass is 35.5. The highest BCUT2D eigenvalue weighted by molar-refractivity contribution is 6.45. The number of nitrogens with zero attached hydrogens (tertiary/aromatic N) is 3. The van der Waals surface area contributed by atoms with Crippen LogP contribution in [0, 0.1) is 0 Å². The number of pyridine rings is 1. The minimum absolute atomic E-state index is 0.0607. The molecule has 0 bridgehead atoms. The van der Waals surface area contributed by atoms with Crippen molar-refractivity contribution in [3.05, 3.63) is 81.1 Å². The molecule has 0 unspecified atom stereocenters. The Labute approximate surface area is 257 Å². The van der Waals surface area contributed by atoms with Crippen LogP contribution in [-0.4, -0.2) is 39.0 Å². The molecule has 0 aliphatic heterocycles. The molecule has 0 aliphatic carbocycles. The van der Waals surface area contributed by atoms with Crippen molar-refractivity contribution in [3.8, 4) is 17.2 Å². The van der Waals surface area contributed by atoms with Crippen LogP contribution in [0.5, 0.6) is 11.5 Å². The number of benzene rings is 2. The predicted octanol–water partition coefficient (Wildman–Crippen LogP) is 7.25. The van der Waals surface area contributed by atoms with Gasteiger partial charge in [0.2, 0.25) is 0 Å². The molecular formula is C28H28Cl3N7O4. The molecule has 4 amide bonds. The van der Waals surface area contributed by atoms with Gasteiger partial charge in [0.1, 0.15) is 28.2 Å². The molecule has 220 valence electrons. The number of urea groups is 2. The highest BCUT2D eigenvalue weighted by Gasteiger charge is 2.17. The second kappa shape index (κ2) is 14.2. The smallest absolute Gasteiger partial charge is 0.324 e. The monoisotopic (exact) mass is 631 g/mol. The summed E-state index contributed by atoms with van der Waals surface area (Å²) in [7, 11) is 1.49. The van der Waals surface area contributed by atoms with Crippen molar-refractivity contribution in [2.75, 3.05) is 23.0 Å². The number of aromatic nitrogens is 3. The number of halogens is 3. The van der Waals surface area contributed by atoms with Crippen LogP contribution in [0.25, 0.3) is 5.69 Å². The van der Waals surface area contributed by atoms with E-state index in [-0.39, 0.29) is 33.9 Å².